The number of nitrogens with zero attached hydrogens (tertiary/aromatic N) is 1. The molecule has 1 heterocycles. The highest BCUT2D eigenvalue weighted by molar-refractivity contribution is 5.86. The van der Waals surface area contributed by atoms with Crippen LogP contribution in [0.4, 0.5) is 5.82 Å². The first-order valence-corrected chi connectivity index (χ1v) is 7.55. The zero-order valence-electron chi connectivity index (χ0n) is 13.4. The lowest BCUT2D eigenvalue weighted by Crippen LogP contribution is -2.21. The van der Waals surface area contributed by atoms with E-state index < -0.39 is 0 Å². The third-order valence-electron chi connectivity index (χ3n) is 3.35. The summed E-state index contributed by atoms with van der Waals surface area (Å²) in [7, 11) is 1.97. The average molecular weight is 276 g/mol. The normalized spacial score (nSPS) is 12.5. The molecule has 0 radical (unpaired) electrons. The first kappa shape index (κ1) is 16.6. The molecule has 0 saturated heterocycles. The van der Waals surface area contributed by atoms with Gasteiger partial charge in [0.15, 0.2) is 0 Å². The van der Waals surface area contributed by atoms with Gasteiger partial charge < -0.3 is 16.0 Å². The number of hydrogen-bond donors (Lipinski definition) is 3. The maximum absolute atomic E-state index is 7.75. The number of aromatic nitrogens is 1. The fourth-order valence-corrected chi connectivity index (χ4v) is 2.42. The van der Waals surface area contributed by atoms with Gasteiger partial charge in [-0.3, -0.25) is 0 Å². The summed E-state index contributed by atoms with van der Waals surface area (Å²) in [5, 5.41) is 14.5. The van der Waals surface area contributed by atoms with E-state index in [1.165, 1.54) is 11.8 Å². The average Bonchev–Trinajstić information content (AvgIpc) is 2.40. The van der Waals surface area contributed by atoms with Crippen LogP contribution < -0.4 is 10.6 Å². The number of anilines is 1. The summed E-state index contributed by atoms with van der Waals surface area (Å²) < 4.78 is 0. The highest BCUT2D eigenvalue weighted by atomic mass is 15.0. The zero-order chi connectivity index (χ0) is 15.1. The molecule has 0 aromatic carbocycles. The minimum atomic E-state index is 0.262. The molecule has 4 heteroatoms. The minimum Gasteiger partial charge on any atom is -0.367 e. The van der Waals surface area contributed by atoms with Gasteiger partial charge in [0.2, 0.25) is 0 Å². The maximum Gasteiger partial charge on any atom is 0.135 e. The quantitative estimate of drug-likeness (QED) is 0.637. The summed E-state index contributed by atoms with van der Waals surface area (Å²) in [6.07, 6.45) is 4.46. The number of nitrogens with one attached hydrogen (secondary N) is 3. The molecule has 20 heavy (non-hydrogen) atoms. The predicted molar refractivity (Wildman–Crippen MR) is 87.0 cm³/mol. The summed E-state index contributed by atoms with van der Waals surface area (Å²) in [4.78, 5) is 4.69. The van der Waals surface area contributed by atoms with Gasteiger partial charge >= 0.3 is 0 Å². The second-order valence-corrected chi connectivity index (χ2v) is 5.41. The van der Waals surface area contributed by atoms with Gasteiger partial charge in [-0.1, -0.05) is 20.3 Å². The molecule has 3 N–H and O–H groups in total. The molecule has 1 aromatic rings. The molecule has 0 spiro atoms. The molecule has 0 aliphatic rings. The minimum absolute atomic E-state index is 0.262. The Bertz CT molecular complexity index is 436. The Kier molecular flexibility index (Phi) is 6.65. The highest BCUT2D eigenvalue weighted by Crippen LogP contribution is 2.26. The largest absolute Gasteiger partial charge is 0.367 e. The molecule has 0 aliphatic carbocycles. The lowest BCUT2D eigenvalue weighted by atomic mass is 9.98. The van der Waals surface area contributed by atoms with E-state index >= 15 is 0 Å². The van der Waals surface area contributed by atoms with Gasteiger partial charge in [-0.15, -0.1) is 0 Å². The van der Waals surface area contributed by atoms with Crippen LogP contribution in [0.1, 0.15) is 63.4 Å². The maximum atomic E-state index is 7.75. The second kappa shape index (κ2) is 8.00. The Balaban J connectivity index is 3.36. The van der Waals surface area contributed by atoms with Gasteiger partial charge in [-0.2, -0.15) is 0 Å². The molecule has 0 aliphatic heterocycles. The van der Waals surface area contributed by atoms with Crippen LogP contribution in [0.15, 0.2) is 6.07 Å². The smallest absolute Gasteiger partial charge is 0.135 e. The van der Waals surface area contributed by atoms with E-state index in [0.717, 1.165) is 36.3 Å². The first-order chi connectivity index (χ1) is 9.57. The van der Waals surface area contributed by atoms with Crippen molar-refractivity contribution < 1.29 is 0 Å². The monoisotopic (exact) mass is 276 g/mol. The molecular formula is C16H28N4. The van der Waals surface area contributed by atoms with E-state index in [2.05, 4.69) is 44.4 Å². The van der Waals surface area contributed by atoms with E-state index in [0.29, 0.717) is 6.04 Å². The highest BCUT2D eigenvalue weighted by Gasteiger charge is 2.17. The lowest BCUT2D eigenvalue weighted by molar-refractivity contribution is 0.574. The Hall–Kier alpha value is -1.42. The lowest BCUT2D eigenvalue weighted by Gasteiger charge is -2.21. The molecule has 0 saturated carbocycles. The van der Waals surface area contributed by atoms with Crippen molar-refractivity contribution in [2.75, 3.05) is 12.4 Å². The molecule has 1 atom stereocenters. The molecule has 112 valence electrons. The van der Waals surface area contributed by atoms with E-state index in [1.54, 1.807) is 0 Å². The summed E-state index contributed by atoms with van der Waals surface area (Å²) in [6.45, 7) is 8.51. The van der Waals surface area contributed by atoms with Crippen LogP contribution in [0.25, 0.3) is 0 Å². The van der Waals surface area contributed by atoms with E-state index in [4.69, 9.17) is 10.4 Å². The van der Waals surface area contributed by atoms with Gasteiger partial charge in [-0.25, -0.2) is 4.98 Å². The van der Waals surface area contributed by atoms with Gasteiger partial charge in [0, 0.05) is 29.6 Å². The second-order valence-electron chi connectivity index (χ2n) is 5.41. The molecule has 4 nitrogen and oxygen atoms in total. The third kappa shape index (κ3) is 4.04. The van der Waals surface area contributed by atoms with Crippen molar-refractivity contribution in [1.82, 2.24) is 10.3 Å². The van der Waals surface area contributed by atoms with E-state index in [1.807, 2.05) is 7.05 Å². The fraction of sp³-hybridized carbons (Fsp3) is 0.625. The summed E-state index contributed by atoms with van der Waals surface area (Å²) in [5.41, 5.74) is 3.18. The summed E-state index contributed by atoms with van der Waals surface area (Å²) in [6, 6.07) is 2.72. The van der Waals surface area contributed by atoms with Crippen molar-refractivity contribution in [3.05, 3.63) is 22.9 Å². The van der Waals surface area contributed by atoms with Crippen LogP contribution in [0.3, 0.4) is 0 Å². The van der Waals surface area contributed by atoms with E-state index in [9.17, 15) is 0 Å². The summed E-state index contributed by atoms with van der Waals surface area (Å²) in [5.74, 6) is 0.838. The van der Waals surface area contributed by atoms with Crippen LogP contribution in [0.5, 0.6) is 0 Å². The molecular weight excluding hydrogens is 248 g/mol. The molecule has 0 fully saturated rings. The molecule has 1 rings (SSSR count). The van der Waals surface area contributed by atoms with Crippen LogP contribution in [-0.2, 0) is 6.42 Å². The Morgan fingerprint density at radius 3 is 2.50 bits per heavy atom. The van der Waals surface area contributed by atoms with Crippen molar-refractivity contribution in [3.63, 3.8) is 0 Å². The predicted octanol–water partition coefficient (Wildman–Crippen LogP) is 3.52. The molecule has 0 bridgehead atoms. The van der Waals surface area contributed by atoms with Crippen LogP contribution in [-0.4, -0.2) is 24.3 Å². The number of hydrogen-bond acceptors (Lipinski definition) is 4. The standard InChI is InChI=1S/C16H28N4/c1-6-8-12-9-13(15(7-2)18-5)14(10-17)16(20-12)19-11(3)4/h9-11,15,17-18H,6-8H2,1-5H3,(H,19,20). The van der Waals surface area contributed by atoms with Gasteiger partial charge in [-0.05, 0) is 45.4 Å². The topological polar surface area (TPSA) is 60.8 Å². The van der Waals surface area contributed by atoms with Crippen molar-refractivity contribution in [1.29, 1.82) is 5.41 Å². The van der Waals surface area contributed by atoms with Crippen LogP contribution in [0, 0.1) is 5.41 Å². The van der Waals surface area contributed by atoms with Gasteiger partial charge in [0.25, 0.3) is 0 Å². The third-order valence-corrected chi connectivity index (χ3v) is 3.35. The summed E-state index contributed by atoms with van der Waals surface area (Å²) >= 11 is 0. The Morgan fingerprint density at radius 2 is 2.05 bits per heavy atom. The van der Waals surface area contributed by atoms with Gasteiger partial charge in [0.05, 0.1) is 0 Å². The Morgan fingerprint density at radius 1 is 1.35 bits per heavy atom. The van der Waals surface area contributed by atoms with Crippen molar-refractivity contribution in [2.45, 2.75) is 59.0 Å². The molecule has 1 unspecified atom stereocenters. The number of pyridine rings is 1. The van der Waals surface area contributed by atoms with Crippen molar-refractivity contribution in [3.8, 4) is 0 Å². The number of aryl methyl sites for hydroxylation is 1. The van der Waals surface area contributed by atoms with Crippen molar-refractivity contribution in [2.24, 2.45) is 0 Å². The Labute approximate surface area is 122 Å². The molecule has 0 amide bonds. The molecule has 1 aromatic heterocycles. The first-order valence-electron chi connectivity index (χ1n) is 7.55. The number of rotatable bonds is 8. The SMILES string of the molecule is CCCc1cc(C(CC)NC)c(C=N)c(NC(C)C)n1. The van der Waals surface area contributed by atoms with Crippen LogP contribution >= 0.6 is 0 Å². The van der Waals surface area contributed by atoms with Crippen molar-refractivity contribution >= 4 is 12.0 Å². The fourth-order valence-electron chi connectivity index (χ4n) is 2.42. The zero-order valence-corrected chi connectivity index (χ0v) is 13.4. The van der Waals surface area contributed by atoms with E-state index in [-0.39, 0.29) is 6.04 Å². The van der Waals surface area contributed by atoms with Crippen LogP contribution in [0.2, 0.25) is 0 Å². The van der Waals surface area contributed by atoms with Gasteiger partial charge in [0.1, 0.15) is 5.82 Å².